The molecule has 3 nitrogen and oxygen atoms in total. The van der Waals surface area contributed by atoms with Crippen LogP contribution in [0.5, 0.6) is 0 Å². The van der Waals surface area contributed by atoms with Crippen LogP contribution in [0.1, 0.15) is 32.6 Å². The number of alkyl halides is 3. The second kappa shape index (κ2) is 5.91. The number of piperidine rings is 1. The molecule has 18 heavy (non-hydrogen) atoms. The van der Waals surface area contributed by atoms with E-state index in [2.05, 4.69) is 10.2 Å². The number of amides is 1. The Morgan fingerprint density at radius 1 is 1.33 bits per heavy atom. The zero-order valence-electron chi connectivity index (χ0n) is 10.9. The molecule has 1 saturated heterocycles. The Hall–Kier alpha value is -0.780. The second-order valence-corrected chi connectivity index (χ2v) is 5.06. The van der Waals surface area contributed by atoms with Crippen molar-refractivity contribution in [3.63, 3.8) is 0 Å². The molecule has 0 unspecified atom stereocenters. The van der Waals surface area contributed by atoms with E-state index in [-0.39, 0.29) is 12.5 Å². The van der Waals surface area contributed by atoms with Crippen LogP contribution in [0.4, 0.5) is 13.2 Å². The van der Waals surface area contributed by atoms with E-state index in [1.807, 2.05) is 14.0 Å². The predicted octanol–water partition coefficient (Wildman–Crippen LogP) is 2.18. The SMILES string of the molecule is CCC1(C(=O)NCCC(F)(F)F)CCN(C)CC1. The molecule has 0 aromatic rings. The van der Waals surface area contributed by atoms with Gasteiger partial charge >= 0.3 is 6.18 Å². The summed E-state index contributed by atoms with van der Waals surface area (Å²) in [6.45, 7) is 3.25. The maximum atomic E-state index is 12.0. The third-order valence-corrected chi connectivity index (χ3v) is 3.80. The van der Waals surface area contributed by atoms with Crippen molar-refractivity contribution in [1.29, 1.82) is 0 Å². The first kappa shape index (κ1) is 15.3. The molecule has 0 atom stereocenters. The zero-order valence-corrected chi connectivity index (χ0v) is 10.9. The summed E-state index contributed by atoms with van der Waals surface area (Å²) >= 11 is 0. The van der Waals surface area contributed by atoms with Crippen molar-refractivity contribution in [3.05, 3.63) is 0 Å². The van der Waals surface area contributed by atoms with Crippen LogP contribution in [0.3, 0.4) is 0 Å². The van der Waals surface area contributed by atoms with Crippen LogP contribution >= 0.6 is 0 Å². The van der Waals surface area contributed by atoms with Gasteiger partial charge in [0.1, 0.15) is 0 Å². The molecule has 1 fully saturated rings. The van der Waals surface area contributed by atoms with Gasteiger partial charge in [0, 0.05) is 6.54 Å². The highest BCUT2D eigenvalue weighted by molar-refractivity contribution is 5.82. The Kier molecular flexibility index (Phi) is 5.01. The smallest absolute Gasteiger partial charge is 0.355 e. The van der Waals surface area contributed by atoms with Crippen LogP contribution in [0.2, 0.25) is 0 Å². The Morgan fingerprint density at radius 2 is 1.89 bits per heavy atom. The molecule has 1 aliphatic rings. The molecule has 0 spiro atoms. The molecular weight excluding hydrogens is 245 g/mol. The van der Waals surface area contributed by atoms with Crippen molar-refractivity contribution >= 4 is 5.91 Å². The second-order valence-electron chi connectivity index (χ2n) is 5.06. The van der Waals surface area contributed by atoms with Gasteiger partial charge in [-0.15, -0.1) is 0 Å². The molecule has 106 valence electrons. The van der Waals surface area contributed by atoms with Gasteiger partial charge < -0.3 is 10.2 Å². The number of nitrogens with zero attached hydrogens (tertiary/aromatic N) is 1. The molecule has 6 heteroatoms. The van der Waals surface area contributed by atoms with E-state index in [1.54, 1.807) is 0 Å². The van der Waals surface area contributed by atoms with Crippen molar-refractivity contribution in [3.8, 4) is 0 Å². The summed E-state index contributed by atoms with van der Waals surface area (Å²) in [5, 5.41) is 2.44. The highest BCUT2D eigenvalue weighted by atomic mass is 19.4. The first-order valence-corrected chi connectivity index (χ1v) is 6.33. The normalized spacial score (nSPS) is 20.7. The van der Waals surface area contributed by atoms with Crippen molar-refractivity contribution in [2.45, 2.75) is 38.8 Å². The third-order valence-electron chi connectivity index (χ3n) is 3.80. The first-order valence-electron chi connectivity index (χ1n) is 6.33. The standard InChI is InChI=1S/C12H21F3N2O/c1-3-11(5-8-17(2)9-6-11)10(18)16-7-4-12(13,14)15/h3-9H2,1-2H3,(H,16,18). The number of carbonyl (C=O) groups excluding carboxylic acids is 1. The average molecular weight is 266 g/mol. The summed E-state index contributed by atoms with van der Waals surface area (Å²) in [7, 11) is 1.99. The number of rotatable bonds is 4. The zero-order chi connectivity index (χ0) is 13.8. The number of hydrogen-bond donors (Lipinski definition) is 1. The molecule has 1 heterocycles. The van der Waals surface area contributed by atoms with Gasteiger partial charge in [-0.3, -0.25) is 4.79 Å². The van der Waals surface area contributed by atoms with Crippen LogP contribution in [-0.4, -0.2) is 43.7 Å². The molecule has 1 N–H and O–H groups in total. The lowest BCUT2D eigenvalue weighted by atomic mass is 9.75. The third kappa shape index (κ3) is 4.15. The van der Waals surface area contributed by atoms with Gasteiger partial charge in [0.2, 0.25) is 5.91 Å². The monoisotopic (exact) mass is 266 g/mol. The average Bonchev–Trinajstić information content (AvgIpc) is 2.28. The minimum atomic E-state index is -4.21. The molecule has 0 aromatic heterocycles. The Morgan fingerprint density at radius 3 is 2.33 bits per heavy atom. The Bertz CT molecular complexity index is 284. The minimum Gasteiger partial charge on any atom is -0.355 e. The topological polar surface area (TPSA) is 32.3 Å². The number of likely N-dealkylation sites (tertiary alicyclic amines) is 1. The maximum Gasteiger partial charge on any atom is 0.390 e. The number of hydrogen-bond acceptors (Lipinski definition) is 2. The lowest BCUT2D eigenvalue weighted by Gasteiger charge is -2.38. The fourth-order valence-electron chi connectivity index (χ4n) is 2.29. The van der Waals surface area contributed by atoms with Crippen molar-refractivity contribution in [2.24, 2.45) is 5.41 Å². The number of carbonyl (C=O) groups is 1. The first-order chi connectivity index (χ1) is 8.29. The molecule has 0 aromatic carbocycles. The molecule has 1 aliphatic heterocycles. The van der Waals surface area contributed by atoms with Crippen molar-refractivity contribution < 1.29 is 18.0 Å². The minimum absolute atomic E-state index is 0.220. The van der Waals surface area contributed by atoms with E-state index in [4.69, 9.17) is 0 Å². The summed E-state index contributed by atoms with van der Waals surface area (Å²) in [5.74, 6) is -0.220. The van der Waals surface area contributed by atoms with E-state index >= 15 is 0 Å². The summed E-state index contributed by atoms with van der Waals surface area (Å²) < 4.78 is 36.1. The van der Waals surface area contributed by atoms with Gasteiger partial charge in [0.05, 0.1) is 11.8 Å². The molecular formula is C12H21F3N2O. The summed E-state index contributed by atoms with van der Waals surface area (Å²) in [4.78, 5) is 14.2. The lowest BCUT2D eigenvalue weighted by molar-refractivity contribution is -0.140. The van der Waals surface area contributed by atoms with Crippen LogP contribution in [-0.2, 0) is 4.79 Å². The van der Waals surface area contributed by atoms with Gasteiger partial charge in [-0.25, -0.2) is 0 Å². The van der Waals surface area contributed by atoms with Crippen LogP contribution in [0.15, 0.2) is 0 Å². The van der Waals surface area contributed by atoms with E-state index in [1.165, 1.54) is 0 Å². The van der Waals surface area contributed by atoms with Gasteiger partial charge in [0.15, 0.2) is 0 Å². The summed E-state index contributed by atoms with van der Waals surface area (Å²) in [5.41, 5.74) is -0.474. The van der Waals surface area contributed by atoms with Crippen molar-refractivity contribution in [2.75, 3.05) is 26.7 Å². The van der Waals surface area contributed by atoms with Gasteiger partial charge in [0.25, 0.3) is 0 Å². The number of halogens is 3. The molecule has 1 rings (SSSR count). The number of nitrogens with one attached hydrogen (secondary N) is 1. The van der Waals surface area contributed by atoms with Gasteiger partial charge in [-0.05, 0) is 39.4 Å². The summed E-state index contributed by atoms with van der Waals surface area (Å²) in [6.07, 6.45) is -3.05. The fourth-order valence-corrected chi connectivity index (χ4v) is 2.29. The Labute approximate surface area is 106 Å². The van der Waals surface area contributed by atoms with E-state index < -0.39 is 18.0 Å². The van der Waals surface area contributed by atoms with Crippen molar-refractivity contribution in [1.82, 2.24) is 10.2 Å². The van der Waals surface area contributed by atoms with Gasteiger partial charge in [-0.2, -0.15) is 13.2 Å². The largest absolute Gasteiger partial charge is 0.390 e. The molecule has 0 radical (unpaired) electrons. The molecule has 1 amide bonds. The molecule has 0 bridgehead atoms. The fraction of sp³-hybridized carbons (Fsp3) is 0.917. The molecule has 0 aliphatic carbocycles. The van der Waals surface area contributed by atoms with E-state index in [0.717, 1.165) is 25.9 Å². The Balaban J connectivity index is 2.47. The highest BCUT2D eigenvalue weighted by Gasteiger charge is 2.39. The summed E-state index contributed by atoms with van der Waals surface area (Å²) in [6, 6.07) is 0. The van der Waals surface area contributed by atoms with Gasteiger partial charge in [-0.1, -0.05) is 6.92 Å². The maximum absolute atomic E-state index is 12.0. The lowest BCUT2D eigenvalue weighted by Crippen LogP contribution is -2.48. The van der Waals surface area contributed by atoms with Crippen LogP contribution < -0.4 is 5.32 Å². The molecule has 0 saturated carbocycles. The predicted molar refractivity (Wildman–Crippen MR) is 63.1 cm³/mol. The van der Waals surface area contributed by atoms with Crippen LogP contribution in [0.25, 0.3) is 0 Å². The van der Waals surface area contributed by atoms with E-state index in [0.29, 0.717) is 6.42 Å². The van der Waals surface area contributed by atoms with E-state index in [9.17, 15) is 18.0 Å². The highest BCUT2D eigenvalue weighted by Crippen LogP contribution is 2.34. The van der Waals surface area contributed by atoms with Crippen LogP contribution in [0, 0.1) is 5.41 Å². The quantitative estimate of drug-likeness (QED) is 0.846.